The second-order valence-electron chi connectivity index (χ2n) is 5.47. The quantitative estimate of drug-likeness (QED) is 0.859. The van der Waals surface area contributed by atoms with Gasteiger partial charge in [0.15, 0.2) is 6.04 Å². The number of nitrogens with one attached hydrogen (secondary N) is 1. The van der Waals surface area contributed by atoms with Crippen LogP contribution in [0.4, 0.5) is 5.69 Å². The second-order valence-corrected chi connectivity index (χ2v) is 6.35. The average Bonchev–Trinajstić information content (AvgIpc) is 2.44. The lowest BCUT2D eigenvalue weighted by Crippen LogP contribution is -2.91. The van der Waals surface area contributed by atoms with Crippen molar-refractivity contribution in [3.63, 3.8) is 0 Å². The van der Waals surface area contributed by atoms with E-state index >= 15 is 0 Å². The van der Waals surface area contributed by atoms with E-state index in [4.69, 9.17) is 23.2 Å². The third-order valence-electron chi connectivity index (χ3n) is 3.15. The predicted octanol–water partition coefficient (Wildman–Crippen LogP) is 3.65. The lowest BCUT2D eigenvalue weighted by atomic mass is 10.1. The number of carbonyl (C=O) groups is 1. The molecule has 0 spiro atoms. The van der Waals surface area contributed by atoms with E-state index in [1.165, 1.54) is 0 Å². The Bertz CT molecular complexity index is 624. The highest BCUT2D eigenvalue weighted by Crippen LogP contribution is 2.23. The molecular formula is C17H19Cl2N2O+. The monoisotopic (exact) mass is 337 g/mol. The molecule has 0 saturated heterocycles. The highest BCUT2D eigenvalue weighted by molar-refractivity contribution is 6.35. The van der Waals surface area contributed by atoms with E-state index in [0.29, 0.717) is 21.8 Å². The maximum Gasteiger partial charge on any atom is 0.287 e. The zero-order chi connectivity index (χ0) is 16.1. The molecule has 0 fully saturated rings. The minimum Gasteiger partial charge on any atom is -0.330 e. The van der Waals surface area contributed by atoms with Crippen LogP contribution in [0.25, 0.3) is 0 Å². The molecule has 2 aromatic carbocycles. The van der Waals surface area contributed by atoms with Crippen LogP contribution in [0, 0.1) is 0 Å². The molecule has 0 unspecified atom stereocenters. The van der Waals surface area contributed by atoms with Gasteiger partial charge in [-0.3, -0.25) is 4.79 Å². The summed E-state index contributed by atoms with van der Waals surface area (Å²) < 4.78 is 0. The number of carbonyl (C=O) groups excluding carboxylic acids is 1. The lowest BCUT2D eigenvalue weighted by Gasteiger charge is -2.18. The first-order chi connectivity index (χ1) is 10.5. The topological polar surface area (TPSA) is 45.7 Å². The summed E-state index contributed by atoms with van der Waals surface area (Å²) in [5.41, 5.74) is 1.56. The smallest absolute Gasteiger partial charge is 0.287 e. The van der Waals surface area contributed by atoms with Crippen molar-refractivity contribution in [2.75, 3.05) is 5.32 Å². The summed E-state index contributed by atoms with van der Waals surface area (Å²) in [6, 6.07) is 14.7. The van der Waals surface area contributed by atoms with Gasteiger partial charge in [-0.25, -0.2) is 0 Å². The molecule has 0 aliphatic heterocycles. The molecule has 0 bridgehead atoms. The summed E-state index contributed by atoms with van der Waals surface area (Å²) in [4.78, 5) is 12.6. The first kappa shape index (κ1) is 16.8. The Labute approximate surface area is 140 Å². The lowest BCUT2D eigenvalue weighted by molar-refractivity contribution is -0.709. The van der Waals surface area contributed by atoms with Crippen molar-refractivity contribution in [3.05, 3.63) is 64.1 Å². The minimum atomic E-state index is -0.320. The van der Waals surface area contributed by atoms with E-state index in [9.17, 15) is 4.79 Å². The highest BCUT2D eigenvalue weighted by Gasteiger charge is 2.25. The van der Waals surface area contributed by atoms with Gasteiger partial charge in [0.25, 0.3) is 5.91 Å². The van der Waals surface area contributed by atoms with Gasteiger partial charge < -0.3 is 10.6 Å². The largest absolute Gasteiger partial charge is 0.330 e. The molecule has 0 radical (unpaired) electrons. The Kier molecular flexibility index (Phi) is 5.83. The van der Waals surface area contributed by atoms with Crippen molar-refractivity contribution >= 4 is 34.8 Å². The number of hydrogen-bond donors (Lipinski definition) is 2. The number of halogens is 2. The summed E-state index contributed by atoms with van der Waals surface area (Å²) >= 11 is 11.9. The Morgan fingerprint density at radius 1 is 1.05 bits per heavy atom. The summed E-state index contributed by atoms with van der Waals surface area (Å²) in [7, 11) is 0. The van der Waals surface area contributed by atoms with Gasteiger partial charge in [0.2, 0.25) is 0 Å². The van der Waals surface area contributed by atoms with Gasteiger partial charge in [-0.15, -0.1) is 0 Å². The van der Waals surface area contributed by atoms with Crippen LogP contribution in [0.3, 0.4) is 0 Å². The van der Waals surface area contributed by atoms with Crippen LogP contribution >= 0.6 is 23.2 Å². The van der Waals surface area contributed by atoms with Crippen molar-refractivity contribution in [2.24, 2.45) is 0 Å². The molecule has 2 aromatic rings. The fourth-order valence-electron chi connectivity index (χ4n) is 2.24. The molecule has 3 nitrogen and oxygen atoms in total. The van der Waals surface area contributed by atoms with E-state index < -0.39 is 0 Å². The van der Waals surface area contributed by atoms with Gasteiger partial charge in [0.1, 0.15) is 0 Å². The van der Waals surface area contributed by atoms with Gasteiger partial charge in [0, 0.05) is 21.3 Å². The Morgan fingerprint density at radius 2 is 1.64 bits per heavy atom. The first-order valence-corrected chi connectivity index (χ1v) is 7.88. The molecule has 1 amide bonds. The summed E-state index contributed by atoms with van der Waals surface area (Å²) in [6.07, 6.45) is 0. The van der Waals surface area contributed by atoms with Crippen LogP contribution in [0.5, 0.6) is 0 Å². The van der Waals surface area contributed by atoms with Crippen molar-refractivity contribution in [1.29, 1.82) is 0 Å². The molecule has 0 saturated carbocycles. The number of anilines is 1. The number of quaternary nitrogens is 1. The van der Waals surface area contributed by atoms with E-state index in [2.05, 4.69) is 19.2 Å². The summed E-state index contributed by atoms with van der Waals surface area (Å²) in [6.45, 7) is 4.11. The fraction of sp³-hybridized carbons (Fsp3) is 0.235. The Morgan fingerprint density at radius 3 is 2.18 bits per heavy atom. The molecule has 0 aliphatic rings. The summed E-state index contributed by atoms with van der Waals surface area (Å²) in [5.74, 6) is -0.0989. The third kappa shape index (κ3) is 4.73. The standard InChI is InChI=1S/C17H18Cl2N2O/c1-11(2)20-16(12-6-4-3-5-7-12)17(22)21-15-9-13(18)8-14(19)10-15/h3-11,16,20H,1-2H3,(H,21,22)/p+1/t16-/m1/s1. The van der Waals surface area contributed by atoms with Crippen LogP contribution < -0.4 is 10.6 Å². The number of benzene rings is 2. The van der Waals surface area contributed by atoms with Crippen molar-refractivity contribution in [2.45, 2.75) is 25.9 Å². The van der Waals surface area contributed by atoms with Crippen LogP contribution in [0.2, 0.25) is 10.0 Å². The van der Waals surface area contributed by atoms with E-state index in [-0.39, 0.29) is 11.9 Å². The third-order valence-corrected chi connectivity index (χ3v) is 3.59. The maximum absolute atomic E-state index is 12.6. The Hall–Kier alpha value is -1.55. The van der Waals surface area contributed by atoms with E-state index in [1.807, 2.05) is 35.6 Å². The molecule has 2 rings (SSSR count). The fourth-order valence-corrected chi connectivity index (χ4v) is 2.77. The summed E-state index contributed by atoms with van der Waals surface area (Å²) in [5, 5.41) is 5.90. The normalized spacial score (nSPS) is 12.2. The molecule has 5 heteroatoms. The van der Waals surface area contributed by atoms with Crippen LogP contribution in [-0.2, 0) is 4.79 Å². The maximum atomic E-state index is 12.6. The molecule has 1 atom stereocenters. The number of rotatable bonds is 5. The number of nitrogens with two attached hydrogens (primary N) is 1. The van der Waals surface area contributed by atoms with Gasteiger partial charge >= 0.3 is 0 Å². The molecular weight excluding hydrogens is 319 g/mol. The van der Waals surface area contributed by atoms with Gasteiger partial charge in [-0.05, 0) is 32.0 Å². The minimum absolute atomic E-state index is 0.0989. The van der Waals surface area contributed by atoms with Gasteiger partial charge in [0.05, 0.1) is 6.04 Å². The van der Waals surface area contributed by atoms with Crippen molar-refractivity contribution in [3.8, 4) is 0 Å². The van der Waals surface area contributed by atoms with Gasteiger partial charge in [-0.2, -0.15) is 0 Å². The molecule has 0 heterocycles. The van der Waals surface area contributed by atoms with Crippen molar-refractivity contribution < 1.29 is 10.1 Å². The predicted molar refractivity (Wildman–Crippen MR) is 91.3 cm³/mol. The van der Waals surface area contributed by atoms with Gasteiger partial charge in [-0.1, -0.05) is 53.5 Å². The highest BCUT2D eigenvalue weighted by atomic mass is 35.5. The average molecular weight is 338 g/mol. The molecule has 0 aliphatic carbocycles. The molecule has 3 N–H and O–H groups in total. The zero-order valence-corrected chi connectivity index (χ0v) is 14.0. The number of hydrogen-bond acceptors (Lipinski definition) is 1. The first-order valence-electron chi connectivity index (χ1n) is 7.12. The molecule has 22 heavy (non-hydrogen) atoms. The second kappa shape index (κ2) is 7.63. The number of amides is 1. The zero-order valence-electron chi connectivity index (χ0n) is 12.5. The molecule has 0 aromatic heterocycles. The van der Waals surface area contributed by atoms with Crippen LogP contribution in [-0.4, -0.2) is 11.9 Å². The van der Waals surface area contributed by atoms with E-state index in [0.717, 1.165) is 5.56 Å². The van der Waals surface area contributed by atoms with E-state index in [1.54, 1.807) is 18.2 Å². The molecule has 116 valence electrons. The SMILES string of the molecule is CC(C)[NH2+][C@@H](C(=O)Nc1cc(Cl)cc(Cl)c1)c1ccccc1. The van der Waals surface area contributed by atoms with Crippen LogP contribution in [0.15, 0.2) is 48.5 Å². The van der Waals surface area contributed by atoms with Crippen molar-refractivity contribution in [1.82, 2.24) is 0 Å². The Balaban J connectivity index is 2.22. The van der Waals surface area contributed by atoms with Crippen LogP contribution in [0.1, 0.15) is 25.5 Å².